The topological polar surface area (TPSA) is 69.9 Å². The maximum absolute atomic E-state index is 7.28. The first kappa shape index (κ1) is 35.5. The van der Waals surface area contributed by atoms with E-state index in [2.05, 4.69) is 122 Å². The van der Waals surface area contributed by atoms with Crippen LogP contribution in [0, 0.1) is 25.8 Å². The number of fused-ring (bicyclic) bond motifs is 6. The van der Waals surface area contributed by atoms with Crippen molar-refractivity contribution in [3.63, 3.8) is 0 Å². The quantitative estimate of drug-likeness (QED) is 0.149. The summed E-state index contributed by atoms with van der Waals surface area (Å²) in [6.07, 6.45) is 1.30. The molecule has 0 atom stereocenters. The Hall–Kier alpha value is -6.92. The Bertz CT molecular complexity index is 3550. The number of para-hydroxylation sites is 2. The van der Waals surface area contributed by atoms with Gasteiger partial charge >= 0.3 is 0 Å². The summed E-state index contributed by atoms with van der Waals surface area (Å²) in [7, 11) is 0. The van der Waals surface area contributed by atoms with Crippen LogP contribution >= 0.6 is 0 Å². The average molecular weight is 1020 g/mol. The molecule has 0 N–H and O–H groups in total. The molecular formula is C57H46IrN4O2-2. The van der Waals surface area contributed by atoms with Gasteiger partial charge in [-0.2, -0.15) is 0 Å². The van der Waals surface area contributed by atoms with E-state index in [-0.39, 0.29) is 43.1 Å². The van der Waals surface area contributed by atoms with Crippen LogP contribution in [0.2, 0.25) is 0 Å². The Labute approximate surface area is 395 Å². The fourth-order valence-electron chi connectivity index (χ4n) is 8.23. The molecule has 0 spiro atoms. The summed E-state index contributed by atoms with van der Waals surface area (Å²) >= 11 is 0. The molecule has 317 valence electrons. The van der Waals surface area contributed by atoms with E-state index >= 15 is 0 Å². The van der Waals surface area contributed by atoms with Crippen LogP contribution in [-0.2, 0) is 20.1 Å². The number of imidazole rings is 1. The molecular weight excluding hydrogens is 965 g/mol. The van der Waals surface area contributed by atoms with Gasteiger partial charge in [-0.05, 0) is 101 Å². The molecule has 0 amide bonds. The van der Waals surface area contributed by atoms with Crippen molar-refractivity contribution in [3.05, 3.63) is 192 Å². The van der Waals surface area contributed by atoms with Crippen LogP contribution in [0.25, 0.3) is 95.0 Å². The second kappa shape index (κ2) is 17.7. The molecule has 0 saturated heterocycles. The van der Waals surface area contributed by atoms with Crippen LogP contribution in [0.1, 0.15) is 70.0 Å². The number of aryl methyl sites for hydroxylation is 2. The number of oxazole rings is 1. The number of hydrogen-bond acceptors (Lipinski definition) is 5. The van der Waals surface area contributed by atoms with Crippen LogP contribution in [0.3, 0.4) is 0 Å². The first-order valence-corrected chi connectivity index (χ1v) is 21.1. The van der Waals surface area contributed by atoms with Crippen molar-refractivity contribution in [2.45, 2.75) is 53.2 Å². The number of aromatic nitrogens is 4. The zero-order chi connectivity index (χ0) is 48.2. The van der Waals surface area contributed by atoms with Gasteiger partial charge in [0.1, 0.15) is 0 Å². The van der Waals surface area contributed by atoms with E-state index in [9.17, 15) is 0 Å². The molecule has 0 saturated carbocycles. The molecule has 11 aromatic rings. The second-order valence-electron chi connectivity index (χ2n) is 16.2. The molecule has 6 nitrogen and oxygen atoms in total. The van der Waals surface area contributed by atoms with Crippen molar-refractivity contribution >= 4 is 44.1 Å². The molecule has 4 heterocycles. The van der Waals surface area contributed by atoms with Crippen LogP contribution in [-0.4, -0.2) is 19.5 Å². The van der Waals surface area contributed by atoms with Gasteiger partial charge in [0.05, 0.1) is 22.4 Å². The minimum Gasteiger partial charge on any atom is -0.498 e. The molecule has 0 aliphatic heterocycles. The van der Waals surface area contributed by atoms with E-state index in [0.29, 0.717) is 33.8 Å². The summed E-state index contributed by atoms with van der Waals surface area (Å²) in [6, 6.07) is 55.8. The second-order valence-corrected chi connectivity index (χ2v) is 16.2. The minimum atomic E-state index is -2.18. The number of hydrogen-bond donors (Lipinski definition) is 0. The summed E-state index contributed by atoms with van der Waals surface area (Å²) in [5, 5.41) is 1.97. The van der Waals surface area contributed by atoms with Crippen LogP contribution in [0.5, 0.6) is 0 Å². The summed E-state index contributed by atoms with van der Waals surface area (Å²) in [5.74, 6) is 1.88. The molecule has 64 heavy (non-hydrogen) atoms. The number of pyridine rings is 1. The van der Waals surface area contributed by atoms with E-state index in [1.165, 1.54) is 52.3 Å². The fraction of sp³-hybridized carbons (Fsp3) is 0.140. The summed E-state index contributed by atoms with van der Waals surface area (Å²) in [5.41, 5.74) is 14.2. The van der Waals surface area contributed by atoms with Gasteiger partial charge in [0.2, 0.25) is 5.89 Å². The van der Waals surface area contributed by atoms with Crippen molar-refractivity contribution in [1.29, 1.82) is 0 Å². The molecule has 11 rings (SSSR count). The summed E-state index contributed by atoms with van der Waals surface area (Å²) < 4.78 is 59.0. The molecule has 4 aromatic heterocycles. The Morgan fingerprint density at radius 2 is 1.31 bits per heavy atom. The van der Waals surface area contributed by atoms with Crippen molar-refractivity contribution in [2.75, 3.05) is 0 Å². The van der Waals surface area contributed by atoms with Crippen molar-refractivity contribution in [2.24, 2.45) is 0 Å². The van der Waals surface area contributed by atoms with Gasteiger partial charge in [-0.25, -0.2) is 4.98 Å². The van der Waals surface area contributed by atoms with Crippen LogP contribution in [0.15, 0.2) is 167 Å². The van der Waals surface area contributed by atoms with Gasteiger partial charge in [0.25, 0.3) is 0 Å². The molecule has 0 aliphatic rings. The first-order valence-electron chi connectivity index (χ1n) is 24.1. The van der Waals surface area contributed by atoms with Crippen molar-refractivity contribution in [3.8, 4) is 50.9 Å². The molecule has 0 aliphatic carbocycles. The van der Waals surface area contributed by atoms with Gasteiger partial charge < -0.3 is 18.4 Å². The third-order valence-electron chi connectivity index (χ3n) is 11.4. The van der Waals surface area contributed by atoms with E-state index in [1.54, 1.807) is 12.1 Å². The fourth-order valence-corrected chi connectivity index (χ4v) is 8.23. The van der Waals surface area contributed by atoms with Gasteiger partial charge in [0, 0.05) is 51.2 Å². The van der Waals surface area contributed by atoms with Gasteiger partial charge in [-0.3, -0.25) is 4.98 Å². The van der Waals surface area contributed by atoms with Crippen molar-refractivity contribution in [1.82, 2.24) is 19.5 Å². The Morgan fingerprint density at radius 1 is 0.625 bits per heavy atom. The van der Waals surface area contributed by atoms with E-state index < -0.39 is 13.7 Å². The van der Waals surface area contributed by atoms with Crippen molar-refractivity contribution < 1.29 is 37.2 Å². The van der Waals surface area contributed by atoms with E-state index in [0.717, 1.165) is 44.3 Å². The SMILES string of the molecule is CC(C)c1cc(-c2ccccc2)cc(C(C)C)c1-n1c(-c2[c-]ccc3c2oc2c3ccc3oc(-c4ccccc4)nc32)nc2ccccc21.[2H]C([2H])([2H])c1c[c-]c(-c2ccc(C([2H])([2H])[2H])cn2)cc1.[Ir]. The van der Waals surface area contributed by atoms with Gasteiger partial charge in [-0.1, -0.05) is 118 Å². The monoisotopic (exact) mass is 1020 g/mol. The first-order chi connectivity index (χ1) is 33.1. The number of benzene rings is 7. The number of nitrogens with zero attached hydrogens (tertiary/aromatic N) is 4. The third kappa shape index (κ3) is 7.87. The summed E-state index contributed by atoms with van der Waals surface area (Å²) in [6.45, 7) is 4.75. The predicted octanol–water partition coefficient (Wildman–Crippen LogP) is 15.3. The molecule has 0 unspecified atom stereocenters. The number of rotatable bonds is 7. The molecule has 7 aromatic carbocycles. The smallest absolute Gasteiger partial charge is 0.227 e. The Kier molecular flexibility index (Phi) is 9.82. The maximum atomic E-state index is 7.28. The molecule has 7 heteroatoms. The van der Waals surface area contributed by atoms with Crippen LogP contribution < -0.4 is 0 Å². The minimum absolute atomic E-state index is 0. The van der Waals surface area contributed by atoms with Crippen LogP contribution in [0.4, 0.5) is 0 Å². The number of furan rings is 1. The normalized spacial score (nSPS) is 13.2. The van der Waals surface area contributed by atoms with Gasteiger partial charge in [0.15, 0.2) is 16.7 Å². The Morgan fingerprint density at radius 3 is 1.98 bits per heavy atom. The predicted molar refractivity (Wildman–Crippen MR) is 257 cm³/mol. The van der Waals surface area contributed by atoms with E-state index in [4.69, 9.17) is 27.0 Å². The average Bonchev–Trinajstić information content (AvgIpc) is 4.08. The largest absolute Gasteiger partial charge is 0.498 e. The third-order valence-corrected chi connectivity index (χ3v) is 11.4. The molecule has 1 radical (unpaired) electrons. The maximum Gasteiger partial charge on any atom is 0.227 e. The standard InChI is InChI=1S/C44H34N3O2.C13H12N.Ir/c1-26(2)34-24-30(28-14-7-5-8-15-28)25-35(27(3)4)40(34)47-37-21-12-11-20-36(37)45-43(47)33-19-13-18-31-32-22-23-38-39(42(32)49-41(31)33)46-44(48-38)29-16-9-6-10-17-29;1-10-3-6-12(7-4-10)13-8-5-11(2)9-14-13;/h5-18,20-27H,1-4H3;3-6,8-9H,1-2H3;/q2*-1;/i;1D3,2D3;. The molecule has 0 bridgehead atoms. The molecule has 0 fully saturated rings. The zero-order valence-corrected chi connectivity index (χ0v) is 38.0. The Balaban J connectivity index is 0.000000244. The van der Waals surface area contributed by atoms with Gasteiger partial charge in [-0.15, -0.1) is 53.6 Å². The van der Waals surface area contributed by atoms with E-state index in [1.807, 2.05) is 48.5 Å². The zero-order valence-electron chi connectivity index (χ0n) is 41.6. The summed E-state index contributed by atoms with van der Waals surface area (Å²) in [4.78, 5) is 14.3.